The Morgan fingerprint density at radius 1 is 1.12 bits per heavy atom. The van der Waals surface area contributed by atoms with Gasteiger partial charge in [-0.2, -0.15) is 5.10 Å². The number of carbonyl (C=O) groups is 1. The van der Waals surface area contributed by atoms with E-state index >= 15 is 0 Å². The van der Waals surface area contributed by atoms with Crippen LogP contribution < -0.4 is 20.2 Å². The molecule has 0 saturated carbocycles. The number of nitrogens with one attached hydrogen (secondary N) is 2. The molecule has 0 unspecified atom stereocenters. The van der Waals surface area contributed by atoms with Crippen LogP contribution in [0.2, 0.25) is 0 Å². The highest BCUT2D eigenvalue weighted by Crippen LogP contribution is 2.29. The molecular weight excluding hydrogens is 330 g/mol. The van der Waals surface area contributed by atoms with Crippen LogP contribution in [0.15, 0.2) is 35.4 Å². The second-order valence-corrected chi connectivity index (χ2v) is 6.00. The Bertz CT molecular complexity index is 793. The van der Waals surface area contributed by atoms with Gasteiger partial charge in [0.05, 0.1) is 27.0 Å². The number of ether oxygens (including phenoxy) is 2. The van der Waals surface area contributed by atoms with Crippen LogP contribution in [0, 0.1) is 20.8 Å². The molecule has 6 nitrogen and oxygen atoms in total. The molecule has 0 aromatic heterocycles. The number of para-hydroxylation sites is 1. The van der Waals surface area contributed by atoms with Gasteiger partial charge in [0.15, 0.2) is 11.5 Å². The Labute approximate surface area is 154 Å². The van der Waals surface area contributed by atoms with Crippen LogP contribution in [0.25, 0.3) is 0 Å². The predicted molar refractivity (Wildman–Crippen MR) is 104 cm³/mol. The van der Waals surface area contributed by atoms with Crippen molar-refractivity contribution in [1.29, 1.82) is 0 Å². The van der Waals surface area contributed by atoms with Gasteiger partial charge in [0.2, 0.25) is 0 Å². The van der Waals surface area contributed by atoms with E-state index in [1.165, 1.54) is 11.8 Å². The first-order valence-electron chi connectivity index (χ1n) is 8.31. The summed E-state index contributed by atoms with van der Waals surface area (Å²) < 4.78 is 10.6. The monoisotopic (exact) mass is 355 g/mol. The summed E-state index contributed by atoms with van der Waals surface area (Å²) in [6.45, 7) is 6.23. The fraction of sp³-hybridized carbons (Fsp3) is 0.300. The van der Waals surface area contributed by atoms with E-state index in [2.05, 4.69) is 34.9 Å². The molecule has 0 atom stereocenters. The molecule has 138 valence electrons. The van der Waals surface area contributed by atoms with E-state index in [1.54, 1.807) is 20.3 Å². The van der Waals surface area contributed by atoms with Crippen molar-refractivity contribution in [3.05, 3.63) is 52.6 Å². The fourth-order valence-electron chi connectivity index (χ4n) is 2.85. The third-order valence-electron chi connectivity index (χ3n) is 3.93. The molecule has 0 fully saturated rings. The van der Waals surface area contributed by atoms with Gasteiger partial charge in [-0.1, -0.05) is 23.8 Å². The minimum Gasteiger partial charge on any atom is -0.493 e. The van der Waals surface area contributed by atoms with Crippen LogP contribution in [0.3, 0.4) is 0 Å². The lowest BCUT2D eigenvalue weighted by Gasteiger charge is -2.13. The van der Waals surface area contributed by atoms with Gasteiger partial charge in [-0.05, 0) is 44.0 Å². The van der Waals surface area contributed by atoms with Crippen molar-refractivity contribution in [2.24, 2.45) is 5.10 Å². The maximum atomic E-state index is 12.0. The first-order valence-corrected chi connectivity index (χ1v) is 8.31. The van der Waals surface area contributed by atoms with Crippen LogP contribution in [-0.2, 0) is 4.79 Å². The zero-order valence-electron chi connectivity index (χ0n) is 15.8. The molecular formula is C20H25N3O3. The van der Waals surface area contributed by atoms with Crippen LogP contribution in [0.1, 0.15) is 22.3 Å². The van der Waals surface area contributed by atoms with E-state index in [-0.39, 0.29) is 12.5 Å². The minimum absolute atomic E-state index is 0.136. The lowest BCUT2D eigenvalue weighted by atomic mass is 10.1. The molecule has 0 saturated heterocycles. The van der Waals surface area contributed by atoms with Crippen molar-refractivity contribution < 1.29 is 14.3 Å². The Kier molecular flexibility index (Phi) is 6.60. The Hall–Kier alpha value is -3.02. The highest BCUT2D eigenvalue weighted by atomic mass is 16.5. The van der Waals surface area contributed by atoms with Gasteiger partial charge in [0, 0.05) is 11.3 Å². The van der Waals surface area contributed by atoms with Gasteiger partial charge in [-0.3, -0.25) is 4.79 Å². The lowest BCUT2D eigenvalue weighted by Crippen LogP contribution is -2.26. The lowest BCUT2D eigenvalue weighted by molar-refractivity contribution is -0.119. The fourth-order valence-corrected chi connectivity index (χ4v) is 2.85. The van der Waals surface area contributed by atoms with E-state index in [9.17, 15) is 4.79 Å². The normalized spacial score (nSPS) is 10.7. The molecule has 2 aromatic rings. The molecule has 0 aliphatic heterocycles. The number of hydrogen-bond acceptors (Lipinski definition) is 5. The van der Waals surface area contributed by atoms with E-state index in [4.69, 9.17) is 9.47 Å². The molecule has 2 rings (SSSR count). The zero-order chi connectivity index (χ0) is 19.1. The van der Waals surface area contributed by atoms with Crippen LogP contribution in [0.5, 0.6) is 11.5 Å². The summed E-state index contributed by atoms with van der Waals surface area (Å²) in [6.07, 6.45) is 1.53. The number of amides is 1. The van der Waals surface area contributed by atoms with E-state index in [1.807, 2.05) is 26.0 Å². The van der Waals surface area contributed by atoms with Gasteiger partial charge in [-0.25, -0.2) is 5.43 Å². The summed E-state index contributed by atoms with van der Waals surface area (Å²) in [6, 6.07) is 9.62. The average molecular weight is 355 g/mol. The Balaban J connectivity index is 1.97. The number of methoxy groups -OCH3 is 2. The topological polar surface area (TPSA) is 72.0 Å². The van der Waals surface area contributed by atoms with Crippen molar-refractivity contribution in [2.75, 3.05) is 26.1 Å². The minimum atomic E-state index is -0.234. The summed E-state index contributed by atoms with van der Waals surface area (Å²) in [5.74, 6) is 0.939. The molecule has 2 N–H and O–H groups in total. The average Bonchev–Trinajstić information content (AvgIpc) is 2.60. The standard InChI is InChI=1S/C20H25N3O3/c1-13-9-14(2)19(15(3)10-13)21-12-18(24)23-22-11-16-7-6-8-17(25-4)20(16)26-5/h6-11,21H,12H2,1-5H3,(H,23,24)/b22-11-. The molecule has 0 heterocycles. The number of hydrazone groups is 1. The number of carbonyl (C=O) groups excluding carboxylic acids is 1. The van der Waals surface area contributed by atoms with Crippen molar-refractivity contribution in [3.63, 3.8) is 0 Å². The summed E-state index contributed by atoms with van der Waals surface area (Å²) in [4.78, 5) is 12.0. The van der Waals surface area contributed by atoms with Gasteiger partial charge < -0.3 is 14.8 Å². The highest BCUT2D eigenvalue weighted by molar-refractivity contribution is 5.87. The zero-order valence-corrected chi connectivity index (χ0v) is 15.8. The Morgan fingerprint density at radius 2 is 1.81 bits per heavy atom. The molecule has 2 aromatic carbocycles. The molecule has 0 bridgehead atoms. The van der Waals surface area contributed by atoms with Crippen molar-refractivity contribution in [2.45, 2.75) is 20.8 Å². The van der Waals surface area contributed by atoms with Crippen molar-refractivity contribution in [3.8, 4) is 11.5 Å². The van der Waals surface area contributed by atoms with E-state index in [0.717, 1.165) is 16.8 Å². The first-order chi connectivity index (χ1) is 12.5. The van der Waals surface area contributed by atoms with Crippen LogP contribution in [0.4, 0.5) is 5.69 Å². The molecule has 6 heteroatoms. The van der Waals surface area contributed by atoms with Crippen LogP contribution in [-0.4, -0.2) is 32.9 Å². The second-order valence-electron chi connectivity index (χ2n) is 6.00. The largest absolute Gasteiger partial charge is 0.493 e. The third kappa shape index (κ3) is 4.75. The second kappa shape index (κ2) is 8.89. The summed E-state index contributed by atoms with van der Waals surface area (Å²) in [5.41, 5.74) is 7.62. The maximum Gasteiger partial charge on any atom is 0.259 e. The quantitative estimate of drug-likeness (QED) is 0.591. The summed E-state index contributed by atoms with van der Waals surface area (Å²) in [5, 5.41) is 7.16. The first kappa shape index (κ1) is 19.3. The number of hydrogen-bond donors (Lipinski definition) is 2. The number of aryl methyl sites for hydroxylation is 3. The van der Waals surface area contributed by atoms with E-state index in [0.29, 0.717) is 17.1 Å². The molecule has 26 heavy (non-hydrogen) atoms. The number of rotatable bonds is 7. The van der Waals surface area contributed by atoms with Crippen LogP contribution >= 0.6 is 0 Å². The molecule has 0 spiro atoms. The molecule has 0 aliphatic rings. The summed E-state index contributed by atoms with van der Waals surface area (Å²) in [7, 11) is 3.13. The van der Waals surface area contributed by atoms with Gasteiger partial charge >= 0.3 is 0 Å². The summed E-state index contributed by atoms with van der Waals surface area (Å²) >= 11 is 0. The molecule has 0 aliphatic carbocycles. The van der Waals surface area contributed by atoms with Gasteiger partial charge in [-0.15, -0.1) is 0 Å². The van der Waals surface area contributed by atoms with Crippen molar-refractivity contribution >= 4 is 17.8 Å². The number of anilines is 1. The third-order valence-corrected chi connectivity index (χ3v) is 3.93. The predicted octanol–water partition coefficient (Wildman–Crippen LogP) is 3.19. The Morgan fingerprint density at radius 3 is 2.42 bits per heavy atom. The van der Waals surface area contributed by atoms with Crippen molar-refractivity contribution in [1.82, 2.24) is 5.43 Å². The smallest absolute Gasteiger partial charge is 0.259 e. The van der Waals surface area contributed by atoms with Gasteiger partial charge in [0.1, 0.15) is 0 Å². The number of benzene rings is 2. The molecule has 1 amide bonds. The number of nitrogens with zero attached hydrogens (tertiary/aromatic N) is 1. The van der Waals surface area contributed by atoms with E-state index < -0.39 is 0 Å². The maximum absolute atomic E-state index is 12.0. The highest BCUT2D eigenvalue weighted by Gasteiger charge is 2.08. The SMILES string of the molecule is COc1cccc(/C=N\NC(=O)CNc2c(C)cc(C)cc2C)c1OC. The van der Waals surface area contributed by atoms with Gasteiger partial charge in [0.25, 0.3) is 5.91 Å². The molecule has 0 radical (unpaired) electrons.